The molecule has 1 radical (unpaired) electrons. The third-order valence-corrected chi connectivity index (χ3v) is 1.85. The van der Waals surface area contributed by atoms with Gasteiger partial charge in [0, 0.05) is 6.07 Å². The van der Waals surface area contributed by atoms with E-state index >= 15 is 0 Å². The monoisotopic (exact) mass is 339 g/mol. The van der Waals surface area contributed by atoms with Crippen LogP contribution in [-0.4, -0.2) is 23.1 Å². The Kier molecular flexibility index (Phi) is 6.64. The molecule has 0 aliphatic carbocycles. The minimum absolute atomic E-state index is 0.0417. The molecule has 0 unspecified atom stereocenters. The normalized spacial score (nSPS) is 8.73. The highest BCUT2D eigenvalue weighted by Crippen LogP contribution is 2.18. The van der Waals surface area contributed by atoms with Crippen molar-refractivity contribution in [1.82, 2.24) is 0 Å². The van der Waals surface area contributed by atoms with Crippen LogP contribution in [0.25, 0.3) is 10.8 Å². The fraction of sp³-hybridized carbons (Fsp3) is 0.0909. The van der Waals surface area contributed by atoms with E-state index in [0.29, 0.717) is 0 Å². The highest BCUT2D eigenvalue weighted by molar-refractivity contribution is 9.47. The minimum atomic E-state index is 0.0417. The number of benzene rings is 2. The lowest BCUT2D eigenvalue weighted by Crippen LogP contribution is -1.81. The molecule has 0 saturated heterocycles. The van der Waals surface area contributed by atoms with Crippen LogP contribution in [-0.2, 0) is 0 Å². The maximum atomic E-state index is 5.07. The largest absolute Gasteiger partial charge is 0.560 e. The topological polar surface area (TPSA) is 9.23 Å². The van der Waals surface area contributed by atoms with E-state index in [1.54, 1.807) is 7.11 Å². The van der Waals surface area contributed by atoms with Gasteiger partial charge in [-0.2, -0.15) is 0 Å². The molecular weight excluding hydrogens is 332 g/mol. The lowest BCUT2D eigenvalue weighted by molar-refractivity contribution is 0.414. The van der Waals surface area contributed by atoms with Crippen LogP contribution >= 0.6 is 25.8 Å². The van der Waals surface area contributed by atoms with E-state index in [0.717, 1.165) is 11.1 Å². The highest BCUT2D eigenvalue weighted by Gasteiger charge is 1.94. The number of methoxy groups -OCH3 is 1. The number of fused-ring (bicyclic) bond motifs is 1. The Hall–Kier alpha value is 0.226. The van der Waals surface area contributed by atoms with E-state index in [4.69, 9.17) is 4.74 Å². The molecule has 0 saturated carbocycles. The molecule has 0 spiro atoms. The van der Waals surface area contributed by atoms with E-state index in [-0.39, 0.29) is 16.0 Å². The zero-order valence-corrected chi connectivity index (χ0v) is 12.9. The van der Waals surface area contributed by atoms with E-state index in [9.17, 15) is 0 Å². The predicted molar refractivity (Wildman–Crippen MR) is 72.9 cm³/mol. The molecule has 0 aliphatic heterocycles. The van der Waals surface area contributed by atoms with Gasteiger partial charge in [-0.25, -0.2) is 0 Å². The van der Waals surface area contributed by atoms with Gasteiger partial charge in [0.15, 0.2) is 0 Å². The quantitative estimate of drug-likeness (QED) is 0.714. The molecule has 1 nitrogen and oxygen atoms in total. The maximum absolute atomic E-state index is 5.07. The van der Waals surface area contributed by atoms with Crippen LogP contribution < -0.4 is 4.74 Å². The van der Waals surface area contributed by atoms with Crippen molar-refractivity contribution in [2.24, 2.45) is 0 Å². The van der Waals surface area contributed by atoms with Gasteiger partial charge >= 0.3 is 16.0 Å². The smallest absolute Gasteiger partial charge is 0.496 e. The van der Waals surface area contributed by atoms with Gasteiger partial charge in [0.25, 0.3) is 0 Å². The molecule has 15 heavy (non-hydrogen) atoms. The van der Waals surface area contributed by atoms with Crippen LogP contribution in [0.1, 0.15) is 0 Å². The molecule has 0 bridgehead atoms. The number of halogens is 2. The van der Waals surface area contributed by atoms with Crippen LogP contribution in [0.15, 0.2) is 36.4 Å². The first-order valence-electron chi connectivity index (χ1n) is 4.38. The third kappa shape index (κ3) is 4.30. The molecule has 2 aromatic rings. The lowest BCUT2D eigenvalue weighted by atomic mass is 10.1. The average Bonchev–Trinajstić information content (AvgIpc) is 2.29. The molecule has 2 rings (SSSR count). The summed E-state index contributed by atoms with van der Waals surface area (Å²) in [6.45, 7) is 0. The van der Waals surface area contributed by atoms with E-state index < -0.39 is 0 Å². The predicted octanol–water partition coefficient (Wildman–Crippen LogP) is 3.96. The molecule has 0 atom stereocenters. The molecule has 0 N–H and O–H groups in total. The summed E-state index contributed by atoms with van der Waals surface area (Å²) < 4.78 is 5.07. The number of hydrogen-bond acceptors (Lipinski definition) is 1. The number of ether oxygens (including phenoxy) is 1. The summed E-state index contributed by atoms with van der Waals surface area (Å²) in [7, 11) is 1.65. The van der Waals surface area contributed by atoms with Crippen molar-refractivity contribution in [1.29, 1.82) is 0 Å². The van der Waals surface area contributed by atoms with Gasteiger partial charge < -0.3 is 4.74 Å². The molecule has 0 fully saturated rings. The van der Waals surface area contributed by atoms with Gasteiger partial charge in [0.1, 0.15) is 5.75 Å². The second-order valence-electron chi connectivity index (χ2n) is 2.71. The van der Waals surface area contributed by atoms with Crippen LogP contribution in [0.4, 0.5) is 0 Å². The second-order valence-corrected chi connectivity index (χ2v) is 10.8. The summed E-state index contributed by atoms with van der Waals surface area (Å²) in [6.07, 6.45) is 0. The summed E-state index contributed by atoms with van der Waals surface area (Å²) in [4.78, 5) is 0. The van der Waals surface area contributed by atoms with Gasteiger partial charge in [-0.1, -0.05) is 30.3 Å². The van der Waals surface area contributed by atoms with Crippen molar-refractivity contribution in [3.63, 3.8) is 0 Å². The van der Waals surface area contributed by atoms with Crippen LogP contribution in [0.3, 0.4) is 0 Å². The summed E-state index contributed by atoms with van der Waals surface area (Å²) in [5.74, 6) is 0.786. The Bertz CT molecular complexity index is 420. The molecule has 0 aromatic heterocycles. The van der Waals surface area contributed by atoms with Gasteiger partial charge in [-0.05, 0) is 16.8 Å². The first-order chi connectivity index (χ1) is 7.31. The van der Waals surface area contributed by atoms with E-state index in [1.165, 1.54) is 5.39 Å². The Morgan fingerprint density at radius 3 is 2.47 bits per heavy atom. The first kappa shape index (κ1) is 13.3. The van der Waals surface area contributed by atoms with Crippen molar-refractivity contribution in [3.8, 4) is 5.75 Å². The molecular formula is C11H9Br2MgO. The average molecular weight is 341 g/mol. The first-order valence-corrected chi connectivity index (χ1v) is 12.2. The van der Waals surface area contributed by atoms with Crippen LogP contribution in [0.5, 0.6) is 5.75 Å². The van der Waals surface area contributed by atoms with Crippen LogP contribution in [0, 0.1) is 6.07 Å². The SMILES string of the molecule is COc1[c]c2ccccc2cc1.[Br][Mg][Br]. The van der Waals surface area contributed by atoms with Crippen molar-refractivity contribution in [3.05, 3.63) is 42.5 Å². The molecule has 2 aromatic carbocycles. The van der Waals surface area contributed by atoms with Gasteiger partial charge in [-0.3, -0.25) is 25.8 Å². The fourth-order valence-corrected chi connectivity index (χ4v) is 1.22. The molecule has 0 heterocycles. The minimum Gasteiger partial charge on any atom is -0.496 e. The standard InChI is InChI=1S/C11H9O.2BrH.Mg/c1-12-11-7-6-9-4-2-3-5-10(9)8-11;;;/h2-7H,1H3;2*1H;/q;;;+2/p-2. The summed E-state index contributed by atoms with van der Waals surface area (Å²) in [5, 5.41) is 2.29. The molecule has 0 aliphatic rings. The van der Waals surface area contributed by atoms with Gasteiger partial charge in [0.05, 0.1) is 7.11 Å². The highest BCUT2D eigenvalue weighted by atomic mass is 79.9. The third-order valence-electron chi connectivity index (χ3n) is 1.85. The zero-order valence-electron chi connectivity index (χ0n) is 8.34. The second kappa shape index (κ2) is 7.49. The molecule has 4 heteroatoms. The lowest BCUT2D eigenvalue weighted by Gasteiger charge is -2.00. The Morgan fingerprint density at radius 2 is 1.80 bits per heavy atom. The summed E-state index contributed by atoms with van der Waals surface area (Å²) in [6, 6.07) is 15.2. The number of hydrogen-bond donors (Lipinski definition) is 0. The molecule has 75 valence electrons. The number of rotatable bonds is 1. The van der Waals surface area contributed by atoms with Gasteiger partial charge in [0.2, 0.25) is 0 Å². The Balaban J connectivity index is 0.000000337. The van der Waals surface area contributed by atoms with Crippen LogP contribution in [0.2, 0.25) is 0 Å². The van der Waals surface area contributed by atoms with E-state index in [2.05, 4.69) is 37.9 Å². The van der Waals surface area contributed by atoms with Crippen molar-refractivity contribution in [2.45, 2.75) is 0 Å². The van der Waals surface area contributed by atoms with E-state index in [1.807, 2.05) is 30.3 Å². The Morgan fingerprint density at radius 1 is 1.13 bits per heavy atom. The molecule has 0 amide bonds. The zero-order chi connectivity index (χ0) is 11.1. The van der Waals surface area contributed by atoms with Crippen molar-refractivity contribution >= 4 is 52.6 Å². The van der Waals surface area contributed by atoms with Crippen molar-refractivity contribution in [2.75, 3.05) is 7.11 Å². The van der Waals surface area contributed by atoms with Crippen molar-refractivity contribution < 1.29 is 4.74 Å². The fourth-order valence-electron chi connectivity index (χ4n) is 1.22. The Labute approximate surface area is 112 Å². The summed E-state index contributed by atoms with van der Waals surface area (Å²) >= 11 is 6.44. The maximum Gasteiger partial charge on any atom is 0.560 e. The van der Waals surface area contributed by atoms with Gasteiger partial charge in [-0.15, -0.1) is 0 Å². The summed E-state index contributed by atoms with van der Waals surface area (Å²) in [5.41, 5.74) is 0.